The van der Waals surface area contributed by atoms with E-state index in [4.69, 9.17) is 0 Å². The minimum Gasteiger partial charge on any atom is -0.377 e. The molecule has 5 heteroatoms. The van der Waals surface area contributed by atoms with Crippen molar-refractivity contribution in [2.75, 3.05) is 5.32 Å². The zero-order valence-corrected chi connectivity index (χ0v) is 11.5. The van der Waals surface area contributed by atoms with Crippen molar-refractivity contribution in [1.82, 2.24) is 19.6 Å². The van der Waals surface area contributed by atoms with Gasteiger partial charge >= 0.3 is 0 Å². The quantitative estimate of drug-likeness (QED) is 0.883. The molecule has 2 aromatic heterocycles. The maximum atomic E-state index is 4.38. The second kappa shape index (κ2) is 5.25. The van der Waals surface area contributed by atoms with E-state index in [1.807, 2.05) is 31.0 Å². The molecule has 0 fully saturated rings. The molecular formula is C13H21N5. The molecule has 1 N–H and O–H groups in total. The van der Waals surface area contributed by atoms with Crippen molar-refractivity contribution in [3.8, 4) is 0 Å². The average molecular weight is 247 g/mol. The van der Waals surface area contributed by atoms with Gasteiger partial charge in [0, 0.05) is 25.5 Å². The summed E-state index contributed by atoms with van der Waals surface area (Å²) in [6.45, 7) is 7.14. The van der Waals surface area contributed by atoms with E-state index in [9.17, 15) is 0 Å². The summed E-state index contributed by atoms with van der Waals surface area (Å²) in [6, 6.07) is 2.50. The Morgan fingerprint density at radius 3 is 2.83 bits per heavy atom. The summed E-state index contributed by atoms with van der Waals surface area (Å²) in [7, 11) is 1.93. The van der Waals surface area contributed by atoms with Gasteiger partial charge in [-0.2, -0.15) is 10.2 Å². The van der Waals surface area contributed by atoms with Crippen LogP contribution in [0.25, 0.3) is 0 Å². The molecule has 0 saturated heterocycles. The van der Waals surface area contributed by atoms with Crippen LogP contribution in [0, 0.1) is 6.92 Å². The van der Waals surface area contributed by atoms with Crippen molar-refractivity contribution < 1.29 is 0 Å². The Hall–Kier alpha value is -1.78. The topological polar surface area (TPSA) is 47.7 Å². The lowest BCUT2D eigenvalue weighted by molar-refractivity contribution is 0.462. The molecule has 0 aliphatic rings. The molecule has 0 spiro atoms. The third-order valence-electron chi connectivity index (χ3n) is 3.23. The van der Waals surface area contributed by atoms with E-state index in [1.165, 1.54) is 5.69 Å². The van der Waals surface area contributed by atoms with E-state index in [1.54, 1.807) is 0 Å². The van der Waals surface area contributed by atoms with Gasteiger partial charge in [0.25, 0.3) is 0 Å². The summed E-state index contributed by atoms with van der Waals surface area (Å²) >= 11 is 0. The van der Waals surface area contributed by atoms with Crippen LogP contribution in [0.2, 0.25) is 0 Å². The lowest BCUT2D eigenvalue weighted by Gasteiger charge is -2.14. The van der Waals surface area contributed by atoms with Gasteiger partial charge in [0.2, 0.25) is 0 Å². The molecule has 0 bridgehead atoms. The lowest BCUT2D eigenvalue weighted by atomic mass is 10.2. The predicted octanol–water partition coefficient (Wildman–Crippen LogP) is 2.51. The number of hydrogen-bond donors (Lipinski definition) is 1. The SMILES string of the molecule is CC[C@@H](C)n1nccc1CNc1cn(C)nc1C. The normalized spacial score (nSPS) is 12.7. The summed E-state index contributed by atoms with van der Waals surface area (Å²) < 4.78 is 3.91. The molecule has 0 radical (unpaired) electrons. The Morgan fingerprint density at radius 2 is 2.22 bits per heavy atom. The van der Waals surface area contributed by atoms with E-state index >= 15 is 0 Å². The Balaban J connectivity index is 2.06. The number of anilines is 1. The first-order valence-electron chi connectivity index (χ1n) is 6.38. The summed E-state index contributed by atoms with van der Waals surface area (Å²) in [6.07, 6.45) is 4.94. The third-order valence-corrected chi connectivity index (χ3v) is 3.23. The largest absolute Gasteiger partial charge is 0.377 e. The summed E-state index contributed by atoms with van der Waals surface area (Å²) in [5.74, 6) is 0. The number of hydrogen-bond acceptors (Lipinski definition) is 3. The second-order valence-electron chi connectivity index (χ2n) is 4.68. The van der Waals surface area contributed by atoms with Crippen LogP contribution in [0.1, 0.15) is 37.7 Å². The fourth-order valence-electron chi connectivity index (χ4n) is 2.01. The molecule has 1 atom stereocenters. The Morgan fingerprint density at radius 1 is 1.44 bits per heavy atom. The van der Waals surface area contributed by atoms with Crippen molar-refractivity contribution in [1.29, 1.82) is 0 Å². The number of rotatable bonds is 5. The predicted molar refractivity (Wildman–Crippen MR) is 72.5 cm³/mol. The molecule has 0 unspecified atom stereocenters. The van der Waals surface area contributed by atoms with Crippen LogP contribution < -0.4 is 5.32 Å². The van der Waals surface area contributed by atoms with E-state index in [2.05, 4.69) is 40.1 Å². The Bertz CT molecular complexity index is 511. The summed E-state index contributed by atoms with van der Waals surface area (Å²) in [5.41, 5.74) is 3.30. The molecule has 0 aliphatic carbocycles. The van der Waals surface area contributed by atoms with E-state index in [0.717, 1.165) is 24.3 Å². The first-order valence-corrected chi connectivity index (χ1v) is 6.38. The van der Waals surface area contributed by atoms with Gasteiger partial charge in [-0.25, -0.2) is 0 Å². The van der Waals surface area contributed by atoms with Crippen LogP contribution in [-0.2, 0) is 13.6 Å². The van der Waals surface area contributed by atoms with Gasteiger partial charge in [0.05, 0.1) is 23.6 Å². The average Bonchev–Trinajstić information content (AvgIpc) is 2.92. The first-order chi connectivity index (χ1) is 8.61. The Kier molecular flexibility index (Phi) is 3.69. The number of aromatic nitrogens is 4. The van der Waals surface area contributed by atoms with Crippen molar-refractivity contribution in [3.63, 3.8) is 0 Å². The molecule has 0 aliphatic heterocycles. The molecule has 0 saturated carbocycles. The van der Waals surface area contributed by atoms with Gasteiger partial charge in [0.15, 0.2) is 0 Å². The van der Waals surface area contributed by atoms with Gasteiger partial charge in [-0.15, -0.1) is 0 Å². The molecule has 0 amide bonds. The van der Waals surface area contributed by atoms with Crippen LogP contribution in [-0.4, -0.2) is 19.6 Å². The van der Waals surface area contributed by atoms with Crippen molar-refractivity contribution in [2.24, 2.45) is 7.05 Å². The maximum absolute atomic E-state index is 4.38. The molecule has 5 nitrogen and oxygen atoms in total. The van der Waals surface area contributed by atoms with E-state index < -0.39 is 0 Å². The monoisotopic (exact) mass is 247 g/mol. The fourth-order valence-corrected chi connectivity index (χ4v) is 2.01. The van der Waals surface area contributed by atoms with Gasteiger partial charge in [-0.1, -0.05) is 6.92 Å². The zero-order chi connectivity index (χ0) is 13.1. The van der Waals surface area contributed by atoms with Crippen LogP contribution in [0.3, 0.4) is 0 Å². The number of nitrogens with zero attached hydrogens (tertiary/aromatic N) is 4. The van der Waals surface area contributed by atoms with Crippen molar-refractivity contribution in [3.05, 3.63) is 29.8 Å². The first kappa shape index (κ1) is 12.7. The van der Waals surface area contributed by atoms with Crippen molar-refractivity contribution in [2.45, 2.75) is 39.8 Å². The molecule has 2 rings (SSSR count). The Labute approximate surface area is 108 Å². The minimum absolute atomic E-state index is 0.437. The molecule has 2 aromatic rings. The fraction of sp³-hybridized carbons (Fsp3) is 0.538. The zero-order valence-electron chi connectivity index (χ0n) is 11.5. The van der Waals surface area contributed by atoms with Crippen LogP contribution in [0.5, 0.6) is 0 Å². The molecule has 0 aromatic carbocycles. The van der Waals surface area contributed by atoms with Crippen LogP contribution in [0.4, 0.5) is 5.69 Å². The van der Waals surface area contributed by atoms with Gasteiger partial charge in [0.1, 0.15) is 0 Å². The van der Waals surface area contributed by atoms with Crippen LogP contribution >= 0.6 is 0 Å². The molecule has 2 heterocycles. The van der Waals surface area contributed by atoms with E-state index in [-0.39, 0.29) is 0 Å². The highest BCUT2D eigenvalue weighted by Gasteiger charge is 2.09. The van der Waals surface area contributed by atoms with E-state index in [0.29, 0.717) is 6.04 Å². The van der Waals surface area contributed by atoms with Crippen molar-refractivity contribution >= 4 is 5.69 Å². The standard InChI is InChI=1S/C13H21N5/c1-5-10(2)18-12(6-7-15-18)8-14-13-9-17(4)16-11(13)3/h6-7,9-10,14H,5,8H2,1-4H3/t10-/m1/s1. The van der Waals surface area contributed by atoms with Gasteiger partial charge in [-0.3, -0.25) is 9.36 Å². The number of aryl methyl sites for hydroxylation is 2. The smallest absolute Gasteiger partial charge is 0.0825 e. The molecule has 18 heavy (non-hydrogen) atoms. The summed E-state index contributed by atoms with van der Waals surface area (Å²) in [4.78, 5) is 0. The highest BCUT2D eigenvalue weighted by molar-refractivity contribution is 5.45. The number of nitrogens with one attached hydrogen (secondary N) is 1. The van der Waals surface area contributed by atoms with Crippen LogP contribution in [0.15, 0.2) is 18.5 Å². The third kappa shape index (κ3) is 2.55. The highest BCUT2D eigenvalue weighted by Crippen LogP contribution is 2.16. The van der Waals surface area contributed by atoms with Gasteiger partial charge < -0.3 is 5.32 Å². The molecular weight excluding hydrogens is 226 g/mol. The highest BCUT2D eigenvalue weighted by atomic mass is 15.3. The lowest BCUT2D eigenvalue weighted by Crippen LogP contribution is -2.12. The van der Waals surface area contributed by atoms with Gasteiger partial charge in [-0.05, 0) is 26.3 Å². The maximum Gasteiger partial charge on any atom is 0.0825 e. The molecule has 98 valence electrons. The second-order valence-corrected chi connectivity index (χ2v) is 4.68. The summed E-state index contributed by atoms with van der Waals surface area (Å²) in [5, 5.41) is 12.1. The minimum atomic E-state index is 0.437.